The fourth-order valence-electron chi connectivity index (χ4n) is 1.31. The molecule has 1 rings (SSSR count). The molecule has 0 heterocycles. The molecule has 0 fully saturated rings. The Kier molecular flexibility index (Phi) is 3.59. The summed E-state index contributed by atoms with van der Waals surface area (Å²) in [4.78, 5) is 11.7. The Morgan fingerprint density at radius 1 is 1.22 bits per heavy atom. The van der Waals surface area contributed by atoms with E-state index in [1.807, 2.05) is 0 Å². The summed E-state index contributed by atoms with van der Waals surface area (Å²) in [5.74, 6) is -1.02. The molecule has 2 N–H and O–H groups in total. The van der Waals surface area contributed by atoms with E-state index < -0.39 is 28.9 Å². The first-order valence-corrected chi connectivity index (χ1v) is 5.21. The van der Waals surface area contributed by atoms with Crippen LogP contribution in [-0.4, -0.2) is 11.6 Å². The molecular weight excluding hydrogens is 247 g/mol. The molecule has 0 aliphatic carbocycles. The molecule has 0 aliphatic heterocycles. The van der Waals surface area contributed by atoms with Crippen molar-refractivity contribution >= 4 is 11.7 Å². The Balaban J connectivity index is 3.21. The second-order valence-corrected chi connectivity index (χ2v) is 4.80. The third kappa shape index (κ3) is 3.65. The van der Waals surface area contributed by atoms with E-state index in [-0.39, 0.29) is 5.69 Å². The van der Waals surface area contributed by atoms with Gasteiger partial charge in [-0.3, -0.25) is 0 Å². The highest BCUT2D eigenvalue weighted by Crippen LogP contribution is 2.34. The number of nitrogen functional groups attached to an aromatic ring is 1. The lowest BCUT2D eigenvalue weighted by Gasteiger charge is -2.21. The topological polar surface area (TPSA) is 52.3 Å². The molecular formula is C12H14F3NO2. The molecule has 0 saturated heterocycles. The molecule has 3 nitrogen and oxygen atoms in total. The lowest BCUT2D eigenvalue weighted by atomic mass is 10.1. The van der Waals surface area contributed by atoms with Gasteiger partial charge < -0.3 is 10.5 Å². The van der Waals surface area contributed by atoms with Crippen molar-refractivity contribution in [2.24, 2.45) is 0 Å². The first kappa shape index (κ1) is 14.3. The van der Waals surface area contributed by atoms with Crippen LogP contribution in [0.3, 0.4) is 0 Å². The first-order valence-electron chi connectivity index (χ1n) is 5.21. The summed E-state index contributed by atoms with van der Waals surface area (Å²) in [5, 5.41) is 0. The van der Waals surface area contributed by atoms with Gasteiger partial charge in [0.2, 0.25) is 0 Å². The van der Waals surface area contributed by atoms with E-state index in [0.717, 1.165) is 12.1 Å². The number of esters is 1. The molecule has 0 amide bonds. The van der Waals surface area contributed by atoms with E-state index in [0.29, 0.717) is 0 Å². The maximum Gasteiger partial charge on any atom is 0.417 e. The van der Waals surface area contributed by atoms with E-state index >= 15 is 0 Å². The number of halogens is 3. The fourth-order valence-corrected chi connectivity index (χ4v) is 1.31. The Hall–Kier alpha value is -1.72. The molecule has 0 saturated carbocycles. The maximum absolute atomic E-state index is 12.8. The monoisotopic (exact) mass is 261 g/mol. The summed E-state index contributed by atoms with van der Waals surface area (Å²) < 4.78 is 43.2. The number of rotatable bonds is 1. The number of hydrogen-bond donors (Lipinski definition) is 1. The Morgan fingerprint density at radius 3 is 2.22 bits per heavy atom. The molecule has 1 aromatic carbocycles. The minimum Gasteiger partial charge on any atom is -0.456 e. The SMILES string of the molecule is CC(C)(C)OC(=O)c1ccc(N)cc1C(F)(F)F. The summed E-state index contributed by atoms with van der Waals surface area (Å²) in [6.45, 7) is 4.74. The summed E-state index contributed by atoms with van der Waals surface area (Å²) in [6.07, 6.45) is -4.65. The number of nitrogens with two attached hydrogens (primary N) is 1. The van der Waals surface area contributed by atoms with Gasteiger partial charge in [-0.2, -0.15) is 13.2 Å². The molecule has 100 valence electrons. The number of ether oxygens (including phenoxy) is 1. The summed E-state index contributed by atoms with van der Waals surface area (Å²) in [7, 11) is 0. The lowest BCUT2D eigenvalue weighted by molar-refractivity contribution is -0.138. The van der Waals surface area contributed by atoms with E-state index in [9.17, 15) is 18.0 Å². The molecule has 18 heavy (non-hydrogen) atoms. The van der Waals surface area contributed by atoms with Gasteiger partial charge in [0.1, 0.15) is 5.60 Å². The average molecular weight is 261 g/mol. The Labute approximate surface area is 103 Å². The third-order valence-corrected chi connectivity index (χ3v) is 1.97. The highest BCUT2D eigenvalue weighted by molar-refractivity contribution is 5.92. The van der Waals surface area contributed by atoms with Crippen molar-refractivity contribution in [2.75, 3.05) is 5.73 Å². The summed E-state index contributed by atoms with van der Waals surface area (Å²) in [5.41, 5.74) is 2.76. The molecule has 0 bridgehead atoms. The van der Waals surface area contributed by atoms with E-state index in [1.165, 1.54) is 6.07 Å². The van der Waals surface area contributed by atoms with Gasteiger partial charge in [-0.25, -0.2) is 4.79 Å². The van der Waals surface area contributed by atoms with Crippen LogP contribution in [0.15, 0.2) is 18.2 Å². The Bertz CT molecular complexity index is 461. The molecule has 0 unspecified atom stereocenters. The zero-order valence-electron chi connectivity index (χ0n) is 10.3. The zero-order chi connectivity index (χ0) is 14.1. The van der Waals surface area contributed by atoms with Crippen LogP contribution < -0.4 is 5.73 Å². The summed E-state index contributed by atoms with van der Waals surface area (Å²) >= 11 is 0. The molecule has 0 spiro atoms. The van der Waals surface area contributed by atoms with E-state index in [2.05, 4.69) is 0 Å². The number of anilines is 1. The van der Waals surface area contributed by atoms with Crippen LogP contribution in [0.1, 0.15) is 36.7 Å². The smallest absolute Gasteiger partial charge is 0.417 e. The van der Waals surface area contributed by atoms with Gasteiger partial charge >= 0.3 is 12.1 Å². The van der Waals surface area contributed by atoms with Gasteiger partial charge in [0.25, 0.3) is 0 Å². The standard InChI is InChI=1S/C12H14F3NO2/c1-11(2,3)18-10(17)8-5-4-7(16)6-9(8)12(13,14)15/h4-6H,16H2,1-3H3. The molecule has 0 radical (unpaired) electrons. The maximum atomic E-state index is 12.8. The van der Waals surface area contributed by atoms with Crippen LogP contribution in [0.2, 0.25) is 0 Å². The van der Waals surface area contributed by atoms with Gasteiger partial charge in [-0.1, -0.05) is 0 Å². The second kappa shape index (κ2) is 4.51. The van der Waals surface area contributed by atoms with Crippen molar-refractivity contribution in [1.82, 2.24) is 0 Å². The van der Waals surface area contributed by atoms with Crippen LogP contribution in [0.5, 0.6) is 0 Å². The zero-order valence-corrected chi connectivity index (χ0v) is 10.3. The number of carbonyl (C=O) groups is 1. The van der Waals surface area contributed by atoms with Crippen molar-refractivity contribution in [3.8, 4) is 0 Å². The molecule has 0 atom stereocenters. The predicted octanol–water partition coefficient (Wildman–Crippen LogP) is 3.24. The van der Waals surface area contributed by atoms with Crippen molar-refractivity contribution in [1.29, 1.82) is 0 Å². The first-order chi connectivity index (χ1) is 8.00. The van der Waals surface area contributed by atoms with Crippen LogP contribution in [-0.2, 0) is 10.9 Å². The molecule has 0 aromatic heterocycles. The Morgan fingerprint density at radius 2 is 1.78 bits per heavy atom. The third-order valence-electron chi connectivity index (χ3n) is 1.97. The average Bonchev–Trinajstić information content (AvgIpc) is 2.13. The van der Waals surface area contributed by atoms with Gasteiger partial charge in [0.05, 0.1) is 11.1 Å². The highest BCUT2D eigenvalue weighted by atomic mass is 19.4. The van der Waals surface area contributed by atoms with Crippen LogP contribution >= 0.6 is 0 Å². The van der Waals surface area contributed by atoms with E-state index in [1.54, 1.807) is 20.8 Å². The molecule has 1 aromatic rings. The van der Waals surface area contributed by atoms with E-state index in [4.69, 9.17) is 10.5 Å². The summed E-state index contributed by atoms with van der Waals surface area (Å²) in [6, 6.07) is 2.97. The van der Waals surface area contributed by atoms with Crippen molar-refractivity contribution < 1.29 is 22.7 Å². The van der Waals surface area contributed by atoms with Crippen LogP contribution in [0.25, 0.3) is 0 Å². The lowest BCUT2D eigenvalue weighted by Crippen LogP contribution is -2.25. The van der Waals surface area contributed by atoms with Crippen molar-refractivity contribution in [3.63, 3.8) is 0 Å². The normalized spacial score (nSPS) is 12.3. The minimum absolute atomic E-state index is 0.0605. The molecule has 0 aliphatic rings. The quantitative estimate of drug-likeness (QED) is 0.623. The van der Waals surface area contributed by atoms with Gasteiger partial charge in [0, 0.05) is 5.69 Å². The van der Waals surface area contributed by atoms with Gasteiger partial charge in [-0.15, -0.1) is 0 Å². The van der Waals surface area contributed by atoms with Crippen molar-refractivity contribution in [2.45, 2.75) is 32.5 Å². The van der Waals surface area contributed by atoms with Crippen LogP contribution in [0, 0.1) is 0 Å². The van der Waals surface area contributed by atoms with Gasteiger partial charge in [-0.05, 0) is 39.0 Å². The minimum atomic E-state index is -4.65. The predicted molar refractivity (Wildman–Crippen MR) is 61.0 cm³/mol. The number of carbonyl (C=O) groups excluding carboxylic acids is 1. The number of alkyl halides is 3. The largest absolute Gasteiger partial charge is 0.456 e. The second-order valence-electron chi connectivity index (χ2n) is 4.80. The number of benzene rings is 1. The van der Waals surface area contributed by atoms with Crippen LogP contribution in [0.4, 0.5) is 18.9 Å². The molecule has 6 heteroatoms. The van der Waals surface area contributed by atoms with Crippen molar-refractivity contribution in [3.05, 3.63) is 29.3 Å². The fraction of sp³-hybridized carbons (Fsp3) is 0.417. The highest BCUT2D eigenvalue weighted by Gasteiger charge is 2.36. The number of hydrogen-bond acceptors (Lipinski definition) is 3. The van der Waals surface area contributed by atoms with Gasteiger partial charge in [0.15, 0.2) is 0 Å².